The number of thiophene rings is 1. The first kappa shape index (κ1) is 19.5. The van der Waals surface area contributed by atoms with Crippen LogP contribution in [0.15, 0.2) is 50.5 Å². The minimum absolute atomic E-state index is 0.0561. The summed E-state index contributed by atoms with van der Waals surface area (Å²) in [5, 5.41) is 11.8. The van der Waals surface area contributed by atoms with E-state index in [4.69, 9.17) is 0 Å². The van der Waals surface area contributed by atoms with Crippen molar-refractivity contribution < 1.29 is 13.5 Å². The Labute approximate surface area is 172 Å². The van der Waals surface area contributed by atoms with Crippen LogP contribution < -0.4 is 0 Å². The van der Waals surface area contributed by atoms with E-state index < -0.39 is 10.0 Å². The number of hydrogen-bond acceptors (Lipinski definition) is 5. The Kier molecular flexibility index (Phi) is 5.74. The predicted molar refractivity (Wildman–Crippen MR) is 111 cm³/mol. The fraction of sp³-hybridized carbons (Fsp3) is 0.474. The Balaban J connectivity index is 1.63. The number of nitrogens with zero attached hydrogens (tertiary/aromatic N) is 2. The maximum absolute atomic E-state index is 13.1. The van der Waals surface area contributed by atoms with Crippen LogP contribution in [0.25, 0.3) is 0 Å². The fourth-order valence-corrected chi connectivity index (χ4v) is 7.26. The first-order chi connectivity index (χ1) is 13.0. The van der Waals surface area contributed by atoms with Gasteiger partial charge in [-0.1, -0.05) is 34.1 Å². The average molecular weight is 471 g/mol. The SMILES string of the molecule is O=S(=O)(c1cccs1)N1CCCCN2[C@H](CO)[C@H](c3ccc(Br)cc3)[C@H]2C1. The highest BCUT2D eigenvalue weighted by atomic mass is 79.9. The minimum atomic E-state index is -3.46. The van der Waals surface area contributed by atoms with Crippen molar-refractivity contribution in [3.8, 4) is 0 Å². The van der Waals surface area contributed by atoms with Gasteiger partial charge in [0.15, 0.2) is 0 Å². The topological polar surface area (TPSA) is 60.9 Å². The van der Waals surface area contributed by atoms with Crippen molar-refractivity contribution in [2.75, 3.05) is 26.2 Å². The van der Waals surface area contributed by atoms with Crippen LogP contribution in [0.1, 0.15) is 24.3 Å². The number of aliphatic hydroxyl groups is 1. The molecule has 0 saturated carbocycles. The molecule has 0 unspecified atom stereocenters. The van der Waals surface area contributed by atoms with Crippen LogP contribution in [-0.2, 0) is 10.0 Å². The monoisotopic (exact) mass is 470 g/mol. The maximum Gasteiger partial charge on any atom is 0.252 e. The van der Waals surface area contributed by atoms with Crippen molar-refractivity contribution in [2.45, 2.75) is 35.1 Å². The smallest absolute Gasteiger partial charge is 0.252 e. The average Bonchev–Trinajstić information content (AvgIpc) is 3.17. The third kappa shape index (κ3) is 3.63. The summed E-state index contributed by atoms with van der Waals surface area (Å²) >= 11 is 4.74. The molecular weight excluding hydrogens is 448 g/mol. The Morgan fingerprint density at radius 2 is 1.89 bits per heavy atom. The molecule has 2 aromatic rings. The van der Waals surface area contributed by atoms with Gasteiger partial charge in [-0.2, -0.15) is 4.31 Å². The van der Waals surface area contributed by atoms with Crippen molar-refractivity contribution in [3.05, 3.63) is 51.8 Å². The molecule has 8 heteroatoms. The van der Waals surface area contributed by atoms with Crippen LogP contribution in [0.5, 0.6) is 0 Å². The van der Waals surface area contributed by atoms with Gasteiger partial charge < -0.3 is 5.11 Å². The van der Waals surface area contributed by atoms with Crippen molar-refractivity contribution in [3.63, 3.8) is 0 Å². The van der Waals surface area contributed by atoms with Crippen molar-refractivity contribution in [2.24, 2.45) is 0 Å². The van der Waals surface area contributed by atoms with Crippen molar-refractivity contribution >= 4 is 37.3 Å². The molecule has 146 valence electrons. The fourth-order valence-electron chi connectivity index (χ4n) is 4.35. The third-order valence-corrected chi connectivity index (χ3v) is 9.44. The second-order valence-corrected chi connectivity index (χ2v) is 11.2. The normalized spacial score (nSPS) is 27.4. The molecule has 3 atom stereocenters. The summed E-state index contributed by atoms with van der Waals surface area (Å²) in [6.07, 6.45) is 1.78. The molecule has 3 heterocycles. The van der Waals surface area contributed by atoms with Crippen LogP contribution in [-0.4, -0.2) is 61.1 Å². The van der Waals surface area contributed by atoms with Gasteiger partial charge in [-0.3, -0.25) is 4.90 Å². The molecule has 2 saturated heterocycles. The molecule has 2 aliphatic heterocycles. The number of benzene rings is 1. The van der Waals surface area contributed by atoms with Gasteiger partial charge in [0.2, 0.25) is 0 Å². The standard InChI is InChI=1S/C19H23BrN2O3S2/c20-15-7-5-14(6-8-15)19-16-12-21(27(24,25)18-4-3-11-26-18)9-1-2-10-22(16)17(19)13-23/h3-8,11,16-17,19,23H,1-2,9-10,12-13H2/t16-,17-,19-/m1/s1. The minimum Gasteiger partial charge on any atom is -0.395 e. The van der Waals surface area contributed by atoms with Crippen molar-refractivity contribution in [1.29, 1.82) is 0 Å². The molecule has 5 nitrogen and oxygen atoms in total. The molecule has 4 rings (SSSR count). The van der Waals surface area contributed by atoms with E-state index >= 15 is 0 Å². The molecule has 0 bridgehead atoms. The van der Waals surface area contributed by atoms with Gasteiger partial charge in [-0.15, -0.1) is 11.3 Å². The molecule has 0 spiro atoms. The third-order valence-electron chi connectivity index (χ3n) is 5.68. The van der Waals surface area contributed by atoms with Crippen molar-refractivity contribution in [1.82, 2.24) is 9.21 Å². The Morgan fingerprint density at radius 1 is 1.15 bits per heavy atom. The van der Waals surface area contributed by atoms with Gasteiger partial charge in [0.1, 0.15) is 4.21 Å². The van der Waals surface area contributed by atoms with E-state index in [0.717, 1.165) is 29.4 Å². The van der Waals surface area contributed by atoms with Gasteiger partial charge in [-0.05, 0) is 48.5 Å². The Hall–Kier alpha value is -0.770. The molecule has 0 amide bonds. The van der Waals surface area contributed by atoms with Crippen LogP contribution in [0.3, 0.4) is 0 Å². The van der Waals surface area contributed by atoms with Gasteiger partial charge in [0.05, 0.1) is 6.61 Å². The summed E-state index contributed by atoms with van der Waals surface area (Å²) in [5.41, 5.74) is 1.16. The van der Waals surface area contributed by atoms with E-state index in [1.54, 1.807) is 21.8 Å². The molecule has 0 radical (unpaired) electrons. The lowest BCUT2D eigenvalue weighted by molar-refractivity contribution is -0.0553. The highest BCUT2D eigenvalue weighted by Gasteiger charge is 2.50. The van der Waals surface area contributed by atoms with E-state index in [0.29, 0.717) is 17.3 Å². The van der Waals surface area contributed by atoms with Crippen LogP contribution >= 0.6 is 27.3 Å². The molecule has 1 aromatic carbocycles. The molecular formula is C19H23BrN2O3S2. The number of halogens is 1. The van der Waals surface area contributed by atoms with E-state index in [-0.39, 0.29) is 24.6 Å². The first-order valence-corrected chi connectivity index (χ1v) is 12.3. The van der Waals surface area contributed by atoms with E-state index in [1.807, 2.05) is 12.1 Å². The Bertz CT molecular complexity index is 871. The van der Waals surface area contributed by atoms with Crippen LogP contribution in [0.4, 0.5) is 0 Å². The molecule has 2 fully saturated rings. The van der Waals surface area contributed by atoms with E-state index in [9.17, 15) is 13.5 Å². The lowest BCUT2D eigenvalue weighted by Crippen LogP contribution is -2.67. The second-order valence-electron chi connectivity index (χ2n) is 7.13. The maximum atomic E-state index is 13.1. The Morgan fingerprint density at radius 3 is 2.56 bits per heavy atom. The molecule has 1 aromatic heterocycles. The summed E-state index contributed by atoms with van der Waals surface area (Å²) < 4.78 is 29.3. The molecule has 2 aliphatic rings. The van der Waals surface area contributed by atoms with E-state index in [1.165, 1.54) is 11.3 Å². The number of fused-ring (bicyclic) bond motifs is 1. The van der Waals surface area contributed by atoms with Crippen LogP contribution in [0, 0.1) is 0 Å². The highest BCUT2D eigenvalue weighted by molar-refractivity contribution is 9.10. The summed E-state index contributed by atoms with van der Waals surface area (Å²) in [7, 11) is -3.46. The van der Waals surface area contributed by atoms with Gasteiger partial charge in [-0.25, -0.2) is 8.42 Å². The zero-order valence-corrected chi connectivity index (χ0v) is 18.1. The van der Waals surface area contributed by atoms with Gasteiger partial charge in [0.25, 0.3) is 10.0 Å². The molecule has 1 N–H and O–H groups in total. The van der Waals surface area contributed by atoms with E-state index in [2.05, 4.69) is 33.0 Å². The summed E-state index contributed by atoms with van der Waals surface area (Å²) in [6.45, 7) is 2.03. The molecule has 0 aliphatic carbocycles. The highest BCUT2D eigenvalue weighted by Crippen LogP contribution is 2.42. The molecule has 27 heavy (non-hydrogen) atoms. The number of aliphatic hydroxyl groups excluding tert-OH is 1. The largest absolute Gasteiger partial charge is 0.395 e. The lowest BCUT2D eigenvalue weighted by atomic mass is 9.74. The summed E-state index contributed by atoms with van der Waals surface area (Å²) in [4.78, 5) is 2.29. The summed E-state index contributed by atoms with van der Waals surface area (Å²) in [6, 6.07) is 11.8. The van der Waals surface area contributed by atoms with Gasteiger partial charge >= 0.3 is 0 Å². The zero-order chi connectivity index (χ0) is 19.0. The second kappa shape index (κ2) is 7.93. The predicted octanol–water partition coefficient (Wildman–Crippen LogP) is 3.12. The first-order valence-electron chi connectivity index (χ1n) is 9.18. The van der Waals surface area contributed by atoms with Crippen LogP contribution in [0.2, 0.25) is 0 Å². The number of hydrogen-bond donors (Lipinski definition) is 1. The lowest BCUT2D eigenvalue weighted by Gasteiger charge is -2.57. The quantitative estimate of drug-likeness (QED) is 0.745. The number of sulfonamides is 1. The zero-order valence-electron chi connectivity index (χ0n) is 14.9. The number of rotatable bonds is 4. The summed E-state index contributed by atoms with van der Waals surface area (Å²) in [5.74, 6) is 0.141. The van der Waals surface area contributed by atoms with Gasteiger partial charge in [0, 0.05) is 35.6 Å².